The molecule has 2 rings (SSSR count). The Labute approximate surface area is 108 Å². The predicted molar refractivity (Wildman–Crippen MR) is 62.2 cm³/mol. The second-order valence-electron chi connectivity index (χ2n) is 3.84. The van der Waals surface area contributed by atoms with Crippen molar-refractivity contribution >= 4 is 5.97 Å². The fourth-order valence-electron chi connectivity index (χ4n) is 1.53. The van der Waals surface area contributed by atoms with Crippen LogP contribution in [0.5, 0.6) is 0 Å². The van der Waals surface area contributed by atoms with Crippen LogP contribution in [0.3, 0.4) is 0 Å². The maximum atomic E-state index is 13.5. The number of hydrogen-bond donors (Lipinski definition) is 0. The SMILES string of the molecule is C[C@@H](OC(=O)c1ccnnc1)c1ccc(F)cc1F. The van der Waals surface area contributed by atoms with E-state index >= 15 is 0 Å². The lowest BCUT2D eigenvalue weighted by molar-refractivity contribution is 0.0330. The van der Waals surface area contributed by atoms with Crippen LogP contribution in [0.25, 0.3) is 0 Å². The molecule has 1 aromatic heterocycles. The standard InChI is InChI=1S/C13H10F2N2O2/c1-8(11-3-2-10(14)6-12(11)15)19-13(18)9-4-5-16-17-7-9/h2-8H,1H3/t8-/m1/s1. The molecule has 1 aromatic carbocycles. The van der Waals surface area contributed by atoms with Gasteiger partial charge in [-0.3, -0.25) is 0 Å². The minimum atomic E-state index is -0.832. The molecular weight excluding hydrogens is 254 g/mol. The van der Waals surface area contributed by atoms with E-state index in [9.17, 15) is 13.6 Å². The molecule has 0 aliphatic heterocycles. The molecule has 0 saturated heterocycles. The van der Waals surface area contributed by atoms with Gasteiger partial charge in [0.2, 0.25) is 0 Å². The normalized spacial score (nSPS) is 11.9. The molecule has 0 radical (unpaired) electrons. The Hall–Kier alpha value is -2.37. The maximum Gasteiger partial charge on any atom is 0.340 e. The highest BCUT2D eigenvalue weighted by atomic mass is 19.1. The fraction of sp³-hybridized carbons (Fsp3) is 0.154. The smallest absolute Gasteiger partial charge is 0.340 e. The van der Waals surface area contributed by atoms with Crippen LogP contribution >= 0.6 is 0 Å². The van der Waals surface area contributed by atoms with Crippen molar-refractivity contribution in [3.8, 4) is 0 Å². The van der Waals surface area contributed by atoms with Crippen molar-refractivity contribution in [2.24, 2.45) is 0 Å². The van der Waals surface area contributed by atoms with E-state index in [2.05, 4.69) is 10.2 Å². The molecule has 19 heavy (non-hydrogen) atoms. The molecule has 1 heterocycles. The Morgan fingerprint density at radius 2 is 2.05 bits per heavy atom. The van der Waals surface area contributed by atoms with Gasteiger partial charge >= 0.3 is 5.97 Å². The summed E-state index contributed by atoms with van der Waals surface area (Å²) in [6.45, 7) is 1.50. The highest BCUT2D eigenvalue weighted by Crippen LogP contribution is 2.22. The van der Waals surface area contributed by atoms with E-state index < -0.39 is 23.7 Å². The zero-order chi connectivity index (χ0) is 13.8. The Bertz CT molecular complexity index is 590. The number of ether oxygens (including phenoxy) is 1. The Kier molecular flexibility index (Phi) is 3.79. The van der Waals surface area contributed by atoms with Gasteiger partial charge in [0, 0.05) is 11.6 Å². The number of carbonyl (C=O) groups excluding carboxylic acids is 1. The quantitative estimate of drug-likeness (QED) is 0.800. The van der Waals surface area contributed by atoms with Gasteiger partial charge in [0.25, 0.3) is 0 Å². The highest BCUT2D eigenvalue weighted by molar-refractivity contribution is 5.88. The van der Waals surface area contributed by atoms with E-state index in [1.807, 2.05) is 0 Å². The van der Waals surface area contributed by atoms with E-state index in [-0.39, 0.29) is 11.1 Å². The van der Waals surface area contributed by atoms with Crippen LogP contribution in [-0.2, 0) is 4.74 Å². The predicted octanol–water partition coefficient (Wildman–Crippen LogP) is 2.67. The minimum absolute atomic E-state index is 0.108. The van der Waals surface area contributed by atoms with Crippen LogP contribution in [0.1, 0.15) is 28.9 Å². The summed E-state index contributed by atoms with van der Waals surface area (Å²) in [5.41, 5.74) is 0.320. The van der Waals surface area contributed by atoms with Crippen LogP contribution in [0.2, 0.25) is 0 Å². The third-order valence-electron chi connectivity index (χ3n) is 2.50. The summed E-state index contributed by atoms with van der Waals surface area (Å²) in [7, 11) is 0. The van der Waals surface area contributed by atoms with E-state index in [1.165, 1.54) is 31.5 Å². The van der Waals surface area contributed by atoms with Crippen molar-refractivity contribution in [1.82, 2.24) is 10.2 Å². The maximum absolute atomic E-state index is 13.5. The molecule has 0 aliphatic carbocycles. The number of halogens is 2. The average molecular weight is 264 g/mol. The number of rotatable bonds is 3. The summed E-state index contributed by atoms with van der Waals surface area (Å²) in [5, 5.41) is 7.07. The van der Waals surface area contributed by atoms with Crippen molar-refractivity contribution in [1.29, 1.82) is 0 Å². The lowest BCUT2D eigenvalue weighted by atomic mass is 10.1. The molecule has 0 aliphatic rings. The fourth-order valence-corrected chi connectivity index (χ4v) is 1.53. The number of aromatic nitrogens is 2. The van der Waals surface area contributed by atoms with Crippen molar-refractivity contribution < 1.29 is 18.3 Å². The summed E-state index contributed by atoms with van der Waals surface area (Å²) in [6.07, 6.45) is 1.76. The molecule has 0 saturated carbocycles. The minimum Gasteiger partial charge on any atom is -0.454 e. The van der Waals surface area contributed by atoms with Gasteiger partial charge in [0.05, 0.1) is 18.0 Å². The van der Waals surface area contributed by atoms with Gasteiger partial charge in [-0.25, -0.2) is 13.6 Å². The van der Waals surface area contributed by atoms with E-state index in [0.29, 0.717) is 0 Å². The Balaban J connectivity index is 2.13. The molecule has 6 heteroatoms. The monoisotopic (exact) mass is 264 g/mol. The Morgan fingerprint density at radius 3 is 2.68 bits per heavy atom. The van der Waals surface area contributed by atoms with Crippen LogP contribution in [0.4, 0.5) is 8.78 Å². The number of nitrogens with zero attached hydrogens (tertiary/aromatic N) is 2. The number of hydrogen-bond acceptors (Lipinski definition) is 4. The zero-order valence-electron chi connectivity index (χ0n) is 10.0. The number of carbonyl (C=O) groups is 1. The van der Waals surface area contributed by atoms with Gasteiger partial charge in [-0.15, -0.1) is 0 Å². The molecule has 0 bridgehead atoms. The van der Waals surface area contributed by atoms with Crippen molar-refractivity contribution in [2.75, 3.05) is 0 Å². The van der Waals surface area contributed by atoms with Gasteiger partial charge in [-0.1, -0.05) is 0 Å². The first-order valence-corrected chi connectivity index (χ1v) is 5.50. The topological polar surface area (TPSA) is 52.1 Å². The highest BCUT2D eigenvalue weighted by Gasteiger charge is 2.17. The van der Waals surface area contributed by atoms with Gasteiger partial charge in [0.15, 0.2) is 0 Å². The summed E-state index contributed by atoms with van der Waals surface area (Å²) in [6, 6.07) is 4.53. The van der Waals surface area contributed by atoms with E-state index in [1.54, 1.807) is 0 Å². The van der Waals surface area contributed by atoms with Gasteiger partial charge in [0.1, 0.15) is 17.7 Å². The summed E-state index contributed by atoms with van der Waals surface area (Å²) in [4.78, 5) is 11.7. The average Bonchev–Trinajstić information content (AvgIpc) is 2.39. The van der Waals surface area contributed by atoms with Gasteiger partial charge < -0.3 is 4.74 Å². The van der Waals surface area contributed by atoms with E-state index in [4.69, 9.17) is 4.74 Å². The van der Waals surface area contributed by atoms with E-state index in [0.717, 1.165) is 12.1 Å². The molecule has 2 aromatic rings. The first kappa shape index (κ1) is 13.1. The number of esters is 1. The molecule has 0 unspecified atom stereocenters. The molecule has 1 atom stereocenters. The Morgan fingerprint density at radius 1 is 1.26 bits per heavy atom. The third-order valence-corrected chi connectivity index (χ3v) is 2.50. The lowest BCUT2D eigenvalue weighted by Crippen LogP contribution is -2.11. The molecule has 4 nitrogen and oxygen atoms in total. The van der Waals surface area contributed by atoms with Crippen molar-refractivity contribution in [3.63, 3.8) is 0 Å². The molecule has 0 N–H and O–H groups in total. The summed E-state index contributed by atoms with van der Waals surface area (Å²) >= 11 is 0. The second kappa shape index (κ2) is 5.51. The van der Waals surface area contributed by atoms with Crippen LogP contribution in [0.15, 0.2) is 36.7 Å². The largest absolute Gasteiger partial charge is 0.454 e. The van der Waals surface area contributed by atoms with Crippen LogP contribution in [-0.4, -0.2) is 16.2 Å². The molecule has 0 amide bonds. The second-order valence-corrected chi connectivity index (χ2v) is 3.84. The van der Waals surface area contributed by atoms with Gasteiger partial charge in [-0.2, -0.15) is 10.2 Å². The summed E-state index contributed by atoms with van der Waals surface area (Å²) in [5.74, 6) is -2.09. The van der Waals surface area contributed by atoms with Gasteiger partial charge in [-0.05, 0) is 25.1 Å². The molecule has 0 spiro atoms. The zero-order valence-corrected chi connectivity index (χ0v) is 10.0. The molecule has 0 fully saturated rings. The molecule has 98 valence electrons. The van der Waals surface area contributed by atoms with Crippen LogP contribution < -0.4 is 0 Å². The van der Waals surface area contributed by atoms with Crippen LogP contribution in [0, 0.1) is 11.6 Å². The first-order chi connectivity index (χ1) is 9.08. The molecular formula is C13H10F2N2O2. The summed E-state index contributed by atoms with van der Waals surface area (Å²) < 4.78 is 31.3. The lowest BCUT2D eigenvalue weighted by Gasteiger charge is -2.14. The number of benzene rings is 1. The van der Waals surface area contributed by atoms with Crippen molar-refractivity contribution in [3.05, 3.63) is 59.4 Å². The van der Waals surface area contributed by atoms with Crippen molar-refractivity contribution in [2.45, 2.75) is 13.0 Å². The third kappa shape index (κ3) is 3.09. The first-order valence-electron chi connectivity index (χ1n) is 5.50.